The molecule has 13 heavy (non-hydrogen) atoms. The first-order chi connectivity index (χ1) is 5.86. The smallest absolute Gasteiger partial charge is 0.312 e. The summed E-state index contributed by atoms with van der Waals surface area (Å²) in [6, 6.07) is 0. The van der Waals surface area contributed by atoms with Crippen LogP contribution in [0.25, 0.3) is 0 Å². The van der Waals surface area contributed by atoms with E-state index in [1.54, 1.807) is 0 Å². The van der Waals surface area contributed by atoms with Gasteiger partial charge in [0.1, 0.15) is 9.84 Å². The fourth-order valence-electron chi connectivity index (χ4n) is 1.61. The van der Waals surface area contributed by atoms with Crippen LogP contribution in [-0.2, 0) is 14.6 Å². The maximum Gasteiger partial charge on any atom is 0.312 e. The first kappa shape index (κ1) is 10.5. The molecule has 0 bridgehead atoms. The molecule has 1 aliphatic rings. The molecule has 0 saturated carbocycles. The van der Waals surface area contributed by atoms with Crippen molar-refractivity contribution in [2.45, 2.75) is 6.42 Å². The molecule has 2 N–H and O–H groups in total. The van der Waals surface area contributed by atoms with Gasteiger partial charge in [0.2, 0.25) is 0 Å². The summed E-state index contributed by atoms with van der Waals surface area (Å²) >= 11 is 0. The minimum atomic E-state index is -3.23. The zero-order chi connectivity index (χ0) is 10.1. The van der Waals surface area contributed by atoms with E-state index >= 15 is 0 Å². The normalized spacial score (nSPS) is 29.0. The number of carboxylic acid groups (broad SMARTS) is 1. The van der Waals surface area contributed by atoms with Crippen molar-refractivity contribution in [3.05, 3.63) is 0 Å². The minimum absolute atomic E-state index is 0.245. The van der Waals surface area contributed by atoms with Crippen molar-refractivity contribution >= 4 is 15.8 Å². The van der Waals surface area contributed by atoms with Crippen molar-refractivity contribution in [3.8, 4) is 0 Å². The summed E-state index contributed by atoms with van der Waals surface area (Å²) < 4.78 is 22.0. The van der Waals surface area contributed by atoms with Gasteiger partial charge in [-0.1, -0.05) is 0 Å². The molecule has 1 atom stereocenters. The van der Waals surface area contributed by atoms with E-state index in [9.17, 15) is 13.2 Å². The van der Waals surface area contributed by atoms with E-state index in [1.807, 2.05) is 0 Å². The third kappa shape index (κ3) is 2.41. The first-order valence-corrected chi connectivity index (χ1v) is 6.04. The van der Waals surface area contributed by atoms with Gasteiger partial charge in [0.05, 0.1) is 11.2 Å². The van der Waals surface area contributed by atoms with Crippen molar-refractivity contribution in [3.63, 3.8) is 0 Å². The molecule has 6 heteroatoms. The number of nitrogens with one attached hydrogen (secondary N) is 1. The Kier molecular flexibility index (Phi) is 2.63. The summed E-state index contributed by atoms with van der Waals surface area (Å²) in [5.41, 5.74) is -1.10. The summed E-state index contributed by atoms with van der Waals surface area (Å²) in [5.74, 6) is -1.30. The van der Waals surface area contributed by atoms with Gasteiger partial charge in [0.25, 0.3) is 0 Å². The molecule has 5 nitrogen and oxygen atoms in total. The van der Waals surface area contributed by atoms with Gasteiger partial charge < -0.3 is 10.4 Å². The van der Waals surface area contributed by atoms with Crippen LogP contribution in [-0.4, -0.2) is 44.6 Å². The highest BCUT2D eigenvalue weighted by molar-refractivity contribution is 7.90. The van der Waals surface area contributed by atoms with E-state index in [0.29, 0.717) is 13.0 Å². The largest absolute Gasteiger partial charge is 0.481 e. The van der Waals surface area contributed by atoms with Crippen LogP contribution in [0.2, 0.25) is 0 Å². The molecule has 0 aliphatic carbocycles. The lowest BCUT2D eigenvalue weighted by Crippen LogP contribution is -2.39. The van der Waals surface area contributed by atoms with Crippen LogP contribution >= 0.6 is 0 Å². The zero-order valence-corrected chi connectivity index (χ0v) is 8.23. The van der Waals surface area contributed by atoms with Gasteiger partial charge in [-0.3, -0.25) is 4.79 Å². The number of carbonyl (C=O) groups is 1. The second-order valence-electron chi connectivity index (χ2n) is 3.58. The number of sulfone groups is 1. The molecular weight excluding hydrogens is 194 g/mol. The van der Waals surface area contributed by atoms with Gasteiger partial charge in [0, 0.05) is 12.8 Å². The molecule has 0 radical (unpaired) electrons. The molecule has 0 aromatic carbocycles. The summed E-state index contributed by atoms with van der Waals surface area (Å²) in [6.07, 6.45) is 1.45. The van der Waals surface area contributed by atoms with Gasteiger partial charge in [-0.05, 0) is 13.0 Å². The van der Waals surface area contributed by atoms with Gasteiger partial charge >= 0.3 is 5.97 Å². The monoisotopic (exact) mass is 207 g/mol. The molecular formula is C7H13NO4S. The second-order valence-corrected chi connectivity index (χ2v) is 5.72. The molecule has 0 spiro atoms. The van der Waals surface area contributed by atoms with Crippen LogP contribution in [0.5, 0.6) is 0 Å². The lowest BCUT2D eigenvalue weighted by Gasteiger charge is -2.21. The molecule has 76 valence electrons. The SMILES string of the molecule is CS(=O)(=O)CC1(C(=O)O)CCNC1. The van der Waals surface area contributed by atoms with Crippen molar-refractivity contribution in [2.24, 2.45) is 5.41 Å². The molecule has 0 amide bonds. The Morgan fingerprint density at radius 3 is 2.54 bits per heavy atom. The molecule has 1 saturated heterocycles. The van der Waals surface area contributed by atoms with E-state index in [4.69, 9.17) is 5.11 Å². The Bertz CT molecular complexity index is 302. The Morgan fingerprint density at radius 2 is 2.23 bits per heavy atom. The van der Waals surface area contributed by atoms with Gasteiger partial charge in [0.15, 0.2) is 0 Å². The number of hydrogen-bond donors (Lipinski definition) is 2. The van der Waals surface area contributed by atoms with Crippen LogP contribution in [0, 0.1) is 5.41 Å². The standard InChI is InChI=1S/C7H13NO4S/c1-13(11,12)5-7(6(9)10)2-3-8-4-7/h8H,2-5H2,1H3,(H,9,10). The van der Waals surface area contributed by atoms with E-state index in [-0.39, 0.29) is 12.3 Å². The highest BCUT2D eigenvalue weighted by atomic mass is 32.2. The van der Waals surface area contributed by atoms with Crippen molar-refractivity contribution < 1.29 is 18.3 Å². The van der Waals surface area contributed by atoms with Crippen LogP contribution in [0.1, 0.15) is 6.42 Å². The zero-order valence-electron chi connectivity index (χ0n) is 7.41. The number of hydrogen-bond acceptors (Lipinski definition) is 4. The van der Waals surface area contributed by atoms with Gasteiger partial charge in [-0.2, -0.15) is 0 Å². The fraction of sp³-hybridized carbons (Fsp3) is 0.857. The minimum Gasteiger partial charge on any atom is -0.481 e. The Hall–Kier alpha value is -0.620. The lowest BCUT2D eigenvalue weighted by molar-refractivity contribution is -0.146. The van der Waals surface area contributed by atoms with Crippen molar-refractivity contribution in [1.29, 1.82) is 0 Å². The quantitative estimate of drug-likeness (QED) is 0.626. The maximum atomic E-state index is 11.0. The molecule has 0 aromatic heterocycles. The summed E-state index contributed by atoms with van der Waals surface area (Å²) in [6.45, 7) is 0.817. The van der Waals surface area contributed by atoms with Crippen LogP contribution in [0.15, 0.2) is 0 Å². The van der Waals surface area contributed by atoms with E-state index in [1.165, 1.54) is 0 Å². The number of carboxylic acids is 1. The predicted molar refractivity (Wildman–Crippen MR) is 47.3 cm³/mol. The van der Waals surface area contributed by atoms with Crippen LogP contribution in [0.4, 0.5) is 0 Å². The van der Waals surface area contributed by atoms with Gasteiger partial charge in [-0.25, -0.2) is 8.42 Å². The molecule has 1 fully saturated rings. The lowest BCUT2D eigenvalue weighted by atomic mass is 9.90. The third-order valence-corrected chi connectivity index (χ3v) is 3.31. The topological polar surface area (TPSA) is 83.5 Å². The fourth-order valence-corrected chi connectivity index (χ4v) is 2.99. The average Bonchev–Trinajstić information content (AvgIpc) is 2.33. The van der Waals surface area contributed by atoms with Gasteiger partial charge in [-0.15, -0.1) is 0 Å². The Balaban J connectivity index is 2.86. The summed E-state index contributed by atoms with van der Waals surface area (Å²) in [7, 11) is -3.23. The molecule has 1 unspecified atom stereocenters. The second kappa shape index (κ2) is 3.26. The van der Waals surface area contributed by atoms with E-state index < -0.39 is 21.2 Å². The van der Waals surface area contributed by atoms with Crippen molar-refractivity contribution in [1.82, 2.24) is 5.32 Å². The predicted octanol–water partition coefficient (Wildman–Crippen LogP) is -0.905. The molecule has 1 heterocycles. The summed E-state index contributed by atoms with van der Waals surface area (Å²) in [5, 5.41) is 11.8. The van der Waals surface area contributed by atoms with Crippen LogP contribution < -0.4 is 5.32 Å². The van der Waals surface area contributed by atoms with E-state index in [0.717, 1.165) is 6.26 Å². The molecule has 1 aliphatic heterocycles. The molecule has 0 aromatic rings. The first-order valence-electron chi connectivity index (χ1n) is 3.98. The van der Waals surface area contributed by atoms with E-state index in [2.05, 4.69) is 5.32 Å². The van der Waals surface area contributed by atoms with Crippen LogP contribution in [0.3, 0.4) is 0 Å². The Morgan fingerprint density at radius 1 is 1.62 bits per heavy atom. The van der Waals surface area contributed by atoms with Crippen molar-refractivity contribution in [2.75, 3.05) is 25.1 Å². The highest BCUT2D eigenvalue weighted by Crippen LogP contribution is 2.27. The summed E-state index contributed by atoms with van der Waals surface area (Å²) in [4.78, 5) is 10.9. The maximum absolute atomic E-state index is 11.0. The highest BCUT2D eigenvalue weighted by Gasteiger charge is 2.43. The average molecular weight is 207 g/mol. The number of aliphatic carboxylic acids is 1. The molecule has 1 rings (SSSR count). The third-order valence-electron chi connectivity index (χ3n) is 2.24. The Labute approximate surface area is 77.1 Å². The number of rotatable bonds is 3.